The summed E-state index contributed by atoms with van der Waals surface area (Å²) >= 11 is 0. The summed E-state index contributed by atoms with van der Waals surface area (Å²) in [6.07, 6.45) is 6.32. The lowest BCUT2D eigenvalue weighted by Crippen LogP contribution is -2.35. The number of nitrogens with one attached hydrogen (secondary N) is 1. The van der Waals surface area contributed by atoms with Crippen molar-refractivity contribution in [2.24, 2.45) is 5.92 Å². The standard InChI is InChI=1S/C20H27N3O4S/c24-19-12-15(14-23(19)17-7-1-2-8-17)20(25)21-16-6-5-9-18(13-16)28(26,27)22-10-3-4-11-22/h5-6,9,13,15,17H,1-4,7-8,10-12,14H2,(H,21,25)/t15-/m1/s1. The lowest BCUT2D eigenvalue weighted by molar-refractivity contribution is -0.129. The first kappa shape index (κ1) is 19.4. The Labute approximate surface area is 166 Å². The van der Waals surface area contributed by atoms with Gasteiger partial charge in [0.1, 0.15) is 0 Å². The van der Waals surface area contributed by atoms with Crippen LogP contribution in [0.5, 0.6) is 0 Å². The minimum absolute atomic E-state index is 0.0532. The van der Waals surface area contributed by atoms with Crippen LogP contribution in [0.25, 0.3) is 0 Å². The summed E-state index contributed by atoms with van der Waals surface area (Å²) in [5.74, 6) is -0.547. The first-order valence-electron chi connectivity index (χ1n) is 10.2. The zero-order chi connectivity index (χ0) is 19.7. The van der Waals surface area contributed by atoms with Crippen molar-refractivity contribution in [3.8, 4) is 0 Å². The average Bonchev–Trinajstić information content (AvgIpc) is 3.43. The van der Waals surface area contributed by atoms with Gasteiger partial charge in [0.15, 0.2) is 0 Å². The Morgan fingerprint density at radius 1 is 1.07 bits per heavy atom. The summed E-state index contributed by atoms with van der Waals surface area (Å²) < 4.78 is 26.9. The van der Waals surface area contributed by atoms with Crippen LogP contribution in [0.3, 0.4) is 0 Å². The summed E-state index contributed by atoms with van der Waals surface area (Å²) in [7, 11) is -3.52. The number of amides is 2. The second-order valence-electron chi connectivity index (χ2n) is 8.01. The van der Waals surface area contributed by atoms with E-state index in [1.807, 2.05) is 4.90 Å². The molecule has 1 N–H and O–H groups in total. The number of rotatable bonds is 5. The van der Waals surface area contributed by atoms with E-state index in [1.165, 1.54) is 10.4 Å². The number of hydrogen-bond acceptors (Lipinski definition) is 4. The van der Waals surface area contributed by atoms with Gasteiger partial charge in [-0.05, 0) is 43.9 Å². The van der Waals surface area contributed by atoms with Crippen LogP contribution >= 0.6 is 0 Å². The monoisotopic (exact) mass is 405 g/mol. The number of sulfonamides is 1. The molecule has 28 heavy (non-hydrogen) atoms. The van der Waals surface area contributed by atoms with Gasteiger partial charge < -0.3 is 10.2 Å². The van der Waals surface area contributed by atoms with Crippen LogP contribution in [-0.4, -0.2) is 55.1 Å². The van der Waals surface area contributed by atoms with Gasteiger partial charge in [-0.15, -0.1) is 0 Å². The van der Waals surface area contributed by atoms with Gasteiger partial charge in [-0.2, -0.15) is 4.31 Å². The molecule has 0 bridgehead atoms. The molecule has 4 rings (SSSR count). The molecule has 1 aliphatic carbocycles. The van der Waals surface area contributed by atoms with Crippen LogP contribution < -0.4 is 5.32 Å². The number of carbonyl (C=O) groups is 2. The minimum atomic E-state index is -3.52. The van der Waals surface area contributed by atoms with E-state index in [-0.39, 0.29) is 35.1 Å². The molecule has 2 amide bonds. The molecule has 152 valence electrons. The number of anilines is 1. The first-order chi connectivity index (χ1) is 13.4. The largest absolute Gasteiger partial charge is 0.339 e. The molecule has 8 heteroatoms. The predicted octanol–water partition coefficient (Wildman–Crippen LogP) is 2.20. The molecule has 1 aromatic carbocycles. The van der Waals surface area contributed by atoms with Gasteiger partial charge in [-0.1, -0.05) is 18.9 Å². The van der Waals surface area contributed by atoms with Gasteiger partial charge in [0.2, 0.25) is 21.8 Å². The Kier molecular flexibility index (Phi) is 5.42. The molecule has 0 spiro atoms. The molecule has 1 saturated carbocycles. The molecule has 3 aliphatic rings. The zero-order valence-electron chi connectivity index (χ0n) is 16.0. The van der Waals surface area contributed by atoms with Crippen molar-refractivity contribution in [3.63, 3.8) is 0 Å². The van der Waals surface area contributed by atoms with Gasteiger partial charge in [-0.3, -0.25) is 9.59 Å². The Balaban J connectivity index is 1.43. The second kappa shape index (κ2) is 7.83. The lowest BCUT2D eigenvalue weighted by atomic mass is 10.1. The topological polar surface area (TPSA) is 86.8 Å². The minimum Gasteiger partial charge on any atom is -0.339 e. The van der Waals surface area contributed by atoms with Gasteiger partial charge in [-0.25, -0.2) is 8.42 Å². The first-order valence-corrected chi connectivity index (χ1v) is 11.6. The maximum Gasteiger partial charge on any atom is 0.243 e. The summed E-state index contributed by atoms with van der Waals surface area (Å²) in [6.45, 7) is 1.54. The molecule has 3 fully saturated rings. The second-order valence-corrected chi connectivity index (χ2v) is 9.95. The number of benzene rings is 1. The lowest BCUT2D eigenvalue weighted by Gasteiger charge is -2.23. The Morgan fingerprint density at radius 3 is 2.50 bits per heavy atom. The number of likely N-dealkylation sites (tertiary alicyclic amines) is 1. The van der Waals surface area contributed by atoms with Crippen LogP contribution in [0.2, 0.25) is 0 Å². The van der Waals surface area contributed by atoms with E-state index in [1.54, 1.807) is 18.2 Å². The van der Waals surface area contributed by atoms with Gasteiger partial charge in [0.25, 0.3) is 0 Å². The smallest absolute Gasteiger partial charge is 0.243 e. The molecule has 0 unspecified atom stereocenters. The highest BCUT2D eigenvalue weighted by molar-refractivity contribution is 7.89. The Hall–Kier alpha value is -1.93. The normalized spacial score (nSPS) is 24.2. The summed E-state index contributed by atoms with van der Waals surface area (Å²) in [4.78, 5) is 27.1. The highest BCUT2D eigenvalue weighted by Gasteiger charge is 2.38. The van der Waals surface area contributed by atoms with Crippen molar-refractivity contribution < 1.29 is 18.0 Å². The summed E-state index contributed by atoms with van der Waals surface area (Å²) in [5.41, 5.74) is 0.456. The van der Waals surface area contributed by atoms with E-state index >= 15 is 0 Å². The van der Waals surface area contributed by atoms with Crippen LogP contribution in [0.1, 0.15) is 44.9 Å². The average molecular weight is 406 g/mol. The molecule has 1 atom stereocenters. The fourth-order valence-corrected chi connectivity index (χ4v) is 6.10. The van der Waals surface area contributed by atoms with E-state index in [9.17, 15) is 18.0 Å². The van der Waals surface area contributed by atoms with Crippen LogP contribution in [-0.2, 0) is 19.6 Å². The number of hydrogen-bond donors (Lipinski definition) is 1. The van der Waals surface area contributed by atoms with Crippen LogP contribution in [0.15, 0.2) is 29.2 Å². The molecule has 2 aliphatic heterocycles. The number of nitrogens with zero attached hydrogens (tertiary/aromatic N) is 2. The van der Waals surface area contributed by atoms with E-state index < -0.39 is 10.0 Å². The van der Waals surface area contributed by atoms with Crippen LogP contribution in [0.4, 0.5) is 5.69 Å². The Morgan fingerprint density at radius 2 is 1.79 bits per heavy atom. The van der Waals surface area contributed by atoms with Crippen molar-refractivity contribution in [2.75, 3.05) is 25.0 Å². The van der Waals surface area contributed by atoms with Crippen molar-refractivity contribution in [3.05, 3.63) is 24.3 Å². The van der Waals surface area contributed by atoms with Crippen molar-refractivity contribution in [1.82, 2.24) is 9.21 Å². The zero-order valence-corrected chi connectivity index (χ0v) is 16.8. The fraction of sp³-hybridized carbons (Fsp3) is 0.600. The van der Waals surface area contributed by atoms with Crippen molar-refractivity contribution in [1.29, 1.82) is 0 Å². The maximum atomic E-state index is 12.7. The molecule has 2 saturated heterocycles. The molecule has 2 heterocycles. The van der Waals surface area contributed by atoms with Gasteiger partial charge >= 0.3 is 0 Å². The quantitative estimate of drug-likeness (QED) is 0.814. The molecule has 1 aromatic rings. The fourth-order valence-electron chi connectivity index (χ4n) is 4.53. The summed E-state index contributed by atoms with van der Waals surface area (Å²) in [6, 6.07) is 6.68. The third-order valence-electron chi connectivity index (χ3n) is 6.10. The van der Waals surface area contributed by atoms with Crippen molar-refractivity contribution >= 4 is 27.5 Å². The molecule has 0 aromatic heterocycles. The molecule has 0 radical (unpaired) electrons. The third kappa shape index (κ3) is 3.80. The highest BCUT2D eigenvalue weighted by Crippen LogP contribution is 2.30. The van der Waals surface area contributed by atoms with Gasteiger partial charge in [0.05, 0.1) is 10.8 Å². The van der Waals surface area contributed by atoms with E-state index in [4.69, 9.17) is 0 Å². The predicted molar refractivity (Wildman–Crippen MR) is 105 cm³/mol. The maximum absolute atomic E-state index is 12.7. The van der Waals surface area contributed by atoms with E-state index in [0.717, 1.165) is 38.5 Å². The van der Waals surface area contributed by atoms with E-state index in [0.29, 0.717) is 25.3 Å². The SMILES string of the molecule is O=C(Nc1cccc(S(=O)(=O)N2CCCC2)c1)[C@@H]1CC(=O)N(C2CCCC2)C1. The third-order valence-corrected chi connectivity index (χ3v) is 7.99. The molecular weight excluding hydrogens is 378 g/mol. The van der Waals surface area contributed by atoms with Crippen LogP contribution in [0, 0.1) is 5.92 Å². The molecular formula is C20H27N3O4S. The molecule has 7 nitrogen and oxygen atoms in total. The summed E-state index contributed by atoms with van der Waals surface area (Å²) in [5, 5.41) is 2.82. The highest BCUT2D eigenvalue weighted by atomic mass is 32.2. The number of carbonyl (C=O) groups excluding carboxylic acids is 2. The van der Waals surface area contributed by atoms with Crippen molar-refractivity contribution in [2.45, 2.75) is 55.9 Å². The Bertz CT molecular complexity index is 858. The van der Waals surface area contributed by atoms with Gasteiger partial charge in [0, 0.05) is 37.8 Å². The van der Waals surface area contributed by atoms with E-state index in [2.05, 4.69) is 5.32 Å².